The number of amides is 2. The Morgan fingerprint density at radius 3 is 2.14 bits per heavy atom. The van der Waals surface area contributed by atoms with Gasteiger partial charge in [0.2, 0.25) is 0 Å². The summed E-state index contributed by atoms with van der Waals surface area (Å²) in [5, 5.41) is 6.72. The summed E-state index contributed by atoms with van der Waals surface area (Å²) < 4.78 is 10.5. The van der Waals surface area contributed by atoms with Gasteiger partial charge in [0, 0.05) is 25.3 Å². The van der Waals surface area contributed by atoms with Gasteiger partial charge in [-0.25, -0.2) is 5.43 Å². The van der Waals surface area contributed by atoms with Crippen molar-refractivity contribution in [2.45, 2.75) is 0 Å². The maximum Gasteiger partial charge on any atom is 0.287 e. The summed E-state index contributed by atoms with van der Waals surface area (Å²) in [6.45, 7) is 0. The molecule has 3 aromatic rings. The van der Waals surface area contributed by atoms with Crippen molar-refractivity contribution in [3.8, 4) is 11.5 Å². The Bertz CT molecular complexity index is 1220. The highest BCUT2D eigenvalue weighted by Gasteiger charge is 2.14. The highest BCUT2D eigenvalue weighted by Crippen LogP contribution is 2.26. The molecule has 0 atom stereocenters. The third-order valence-corrected chi connectivity index (χ3v) is 5.04. The molecule has 3 rings (SSSR count). The van der Waals surface area contributed by atoms with Gasteiger partial charge in [-0.2, -0.15) is 5.10 Å². The van der Waals surface area contributed by atoms with Gasteiger partial charge in [-0.05, 0) is 59.7 Å². The van der Waals surface area contributed by atoms with E-state index in [2.05, 4.69) is 15.8 Å². The molecule has 0 saturated heterocycles. The molecule has 0 aliphatic heterocycles. The number of hydrogen-bond donors (Lipinski definition) is 2. The third kappa shape index (κ3) is 6.94. The van der Waals surface area contributed by atoms with Gasteiger partial charge in [0.15, 0.2) is 11.5 Å². The van der Waals surface area contributed by atoms with Crippen molar-refractivity contribution in [1.82, 2.24) is 10.7 Å². The summed E-state index contributed by atoms with van der Waals surface area (Å²) in [5.41, 5.74) is 5.42. The predicted octanol–water partition coefficient (Wildman–Crippen LogP) is 3.69. The Balaban J connectivity index is 1.81. The van der Waals surface area contributed by atoms with Crippen molar-refractivity contribution in [2.75, 3.05) is 33.2 Å². The highest BCUT2D eigenvalue weighted by atomic mass is 16.5. The number of methoxy groups -OCH3 is 2. The van der Waals surface area contributed by atoms with Crippen LogP contribution in [-0.4, -0.2) is 46.3 Å². The minimum absolute atomic E-state index is 0.0564. The first-order valence-corrected chi connectivity index (χ1v) is 10.8. The maximum atomic E-state index is 12.9. The number of benzene rings is 3. The standard InChI is InChI=1S/C27H28N4O4/c1-31(2)22-13-10-19(11-14-22)16-23(29-26(32)21-8-6-5-7-9-21)27(33)30-28-18-20-12-15-24(34-3)25(17-20)35-4/h5-18H,1-4H3,(H,29,32)(H,30,33)/b23-16-,28-18+. The van der Waals surface area contributed by atoms with E-state index in [9.17, 15) is 9.59 Å². The Hall–Kier alpha value is -4.59. The molecule has 0 aromatic heterocycles. The molecule has 0 aliphatic rings. The SMILES string of the molecule is COc1ccc(/C=N/NC(=O)/C(=C/c2ccc(N(C)C)cc2)NC(=O)c2ccccc2)cc1OC. The first-order chi connectivity index (χ1) is 16.9. The molecule has 0 bridgehead atoms. The predicted molar refractivity (Wildman–Crippen MR) is 138 cm³/mol. The third-order valence-electron chi connectivity index (χ3n) is 5.04. The number of carbonyl (C=O) groups is 2. The lowest BCUT2D eigenvalue weighted by molar-refractivity contribution is -0.117. The van der Waals surface area contributed by atoms with Crippen LogP contribution in [0.1, 0.15) is 21.5 Å². The van der Waals surface area contributed by atoms with Crippen molar-refractivity contribution in [2.24, 2.45) is 5.10 Å². The van der Waals surface area contributed by atoms with Crippen LogP contribution < -0.4 is 25.1 Å². The van der Waals surface area contributed by atoms with E-state index in [1.165, 1.54) is 13.3 Å². The molecule has 0 aliphatic carbocycles. The molecule has 0 unspecified atom stereocenters. The van der Waals surface area contributed by atoms with E-state index in [-0.39, 0.29) is 5.70 Å². The summed E-state index contributed by atoms with van der Waals surface area (Å²) >= 11 is 0. The molecule has 0 saturated carbocycles. The summed E-state index contributed by atoms with van der Waals surface area (Å²) in [4.78, 5) is 27.6. The van der Waals surface area contributed by atoms with Gasteiger partial charge in [0.1, 0.15) is 5.70 Å². The largest absolute Gasteiger partial charge is 0.493 e. The van der Waals surface area contributed by atoms with Gasteiger partial charge in [0.05, 0.1) is 20.4 Å². The second-order valence-electron chi connectivity index (χ2n) is 7.68. The number of rotatable bonds is 9. The number of hydrogen-bond acceptors (Lipinski definition) is 6. The summed E-state index contributed by atoms with van der Waals surface area (Å²) in [5.74, 6) is 0.158. The van der Waals surface area contributed by atoms with Gasteiger partial charge < -0.3 is 19.7 Å². The van der Waals surface area contributed by atoms with Crippen molar-refractivity contribution in [3.63, 3.8) is 0 Å². The summed E-state index contributed by atoms with van der Waals surface area (Å²) in [6, 6.07) is 21.5. The van der Waals surface area contributed by atoms with Gasteiger partial charge in [-0.15, -0.1) is 0 Å². The number of nitrogens with zero attached hydrogens (tertiary/aromatic N) is 2. The zero-order valence-corrected chi connectivity index (χ0v) is 20.1. The van der Waals surface area contributed by atoms with E-state index in [0.717, 1.165) is 11.3 Å². The topological polar surface area (TPSA) is 92.3 Å². The molecule has 180 valence electrons. The summed E-state index contributed by atoms with van der Waals surface area (Å²) in [6.07, 6.45) is 3.07. The van der Waals surface area contributed by atoms with Crippen LogP contribution in [0.4, 0.5) is 5.69 Å². The first kappa shape index (κ1) is 25.0. The van der Waals surface area contributed by atoms with Crippen LogP contribution >= 0.6 is 0 Å². The molecule has 0 radical (unpaired) electrons. The molecule has 3 aromatic carbocycles. The monoisotopic (exact) mass is 472 g/mol. The van der Waals surface area contributed by atoms with Crippen LogP contribution in [0.5, 0.6) is 11.5 Å². The molecule has 2 amide bonds. The zero-order chi connectivity index (χ0) is 25.2. The Labute approximate surface area is 204 Å². The molecule has 0 heterocycles. The van der Waals surface area contributed by atoms with Crippen LogP contribution in [0.15, 0.2) is 83.6 Å². The fourth-order valence-electron chi connectivity index (χ4n) is 3.14. The smallest absolute Gasteiger partial charge is 0.287 e. The molecule has 0 fully saturated rings. The van der Waals surface area contributed by atoms with Crippen LogP contribution in [0.2, 0.25) is 0 Å². The minimum Gasteiger partial charge on any atom is -0.493 e. The molecule has 8 heteroatoms. The van der Waals surface area contributed by atoms with Crippen LogP contribution in [-0.2, 0) is 4.79 Å². The maximum absolute atomic E-state index is 12.9. The molecule has 8 nitrogen and oxygen atoms in total. The lowest BCUT2D eigenvalue weighted by Gasteiger charge is -2.12. The Kier molecular flexibility index (Phi) is 8.61. The van der Waals surface area contributed by atoms with E-state index >= 15 is 0 Å². The van der Waals surface area contributed by atoms with Gasteiger partial charge in [-0.3, -0.25) is 9.59 Å². The summed E-state index contributed by atoms with van der Waals surface area (Å²) in [7, 11) is 6.98. The Morgan fingerprint density at radius 2 is 1.51 bits per heavy atom. The number of carbonyl (C=O) groups excluding carboxylic acids is 2. The highest BCUT2D eigenvalue weighted by molar-refractivity contribution is 6.05. The lowest BCUT2D eigenvalue weighted by atomic mass is 10.1. The van der Waals surface area contributed by atoms with Crippen LogP contribution in [0.3, 0.4) is 0 Å². The molecular weight excluding hydrogens is 444 g/mol. The molecule has 0 spiro atoms. The van der Waals surface area contributed by atoms with Crippen LogP contribution in [0.25, 0.3) is 6.08 Å². The molecular formula is C27H28N4O4. The number of hydrazone groups is 1. The number of nitrogens with one attached hydrogen (secondary N) is 2. The first-order valence-electron chi connectivity index (χ1n) is 10.8. The minimum atomic E-state index is -0.567. The zero-order valence-electron chi connectivity index (χ0n) is 20.1. The van der Waals surface area contributed by atoms with E-state index in [1.54, 1.807) is 55.7 Å². The van der Waals surface area contributed by atoms with Crippen molar-refractivity contribution in [1.29, 1.82) is 0 Å². The van der Waals surface area contributed by atoms with Gasteiger partial charge >= 0.3 is 0 Å². The Morgan fingerprint density at radius 1 is 0.857 bits per heavy atom. The fourth-order valence-corrected chi connectivity index (χ4v) is 3.14. The average molecular weight is 473 g/mol. The number of anilines is 1. The molecule has 2 N–H and O–H groups in total. The lowest BCUT2D eigenvalue weighted by Crippen LogP contribution is -2.32. The van der Waals surface area contributed by atoms with Crippen molar-refractivity contribution in [3.05, 3.63) is 95.2 Å². The van der Waals surface area contributed by atoms with E-state index < -0.39 is 11.8 Å². The fraction of sp³-hybridized carbons (Fsp3) is 0.148. The second-order valence-corrected chi connectivity index (χ2v) is 7.68. The van der Waals surface area contributed by atoms with Crippen LogP contribution in [0, 0.1) is 0 Å². The number of ether oxygens (including phenoxy) is 2. The average Bonchev–Trinajstić information content (AvgIpc) is 2.88. The van der Waals surface area contributed by atoms with Crippen molar-refractivity contribution >= 4 is 29.8 Å². The molecule has 35 heavy (non-hydrogen) atoms. The van der Waals surface area contributed by atoms with E-state index in [1.807, 2.05) is 49.3 Å². The normalized spacial score (nSPS) is 11.1. The van der Waals surface area contributed by atoms with E-state index in [0.29, 0.717) is 22.6 Å². The van der Waals surface area contributed by atoms with E-state index in [4.69, 9.17) is 9.47 Å². The van der Waals surface area contributed by atoms with Gasteiger partial charge in [0.25, 0.3) is 11.8 Å². The second kappa shape index (κ2) is 12.0. The van der Waals surface area contributed by atoms with Gasteiger partial charge in [-0.1, -0.05) is 30.3 Å². The van der Waals surface area contributed by atoms with Crippen molar-refractivity contribution < 1.29 is 19.1 Å². The quantitative estimate of drug-likeness (QED) is 0.282.